The minimum atomic E-state index is 0.740. The van der Waals surface area contributed by atoms with Crippen molar-refractivity contribution in [2.45, 2.75) is 19.8 Å². The van der Waals surface area contributed by atoms with Crippen LogP contribution in [0.25, 0.3) is 0 Å². The van der Waals surface area contributed by atoms with Gasteiger partial charge >= 0.3 is 0 Å². The molecule has 2 N–H and O–H groups in total. The summed E-state index contributed by atoms with van der Waals surface area (Å²) in [4.78, 5) is 2.43. The molecule has 0 amide bonds. The zero-order chi connectivity index (χ0) is 9.97. The topological polar surface area (TPSA) is 29.3 Å². The summed E-state index contributed by atoms with van der Waals surface area (Å²) in [5.74, 6) is 0. The summed E-state index contributed by atoms with van der Waals surface area (Å²) in [5, 5.41) is 0. The molecule has 0 atom stereocenters. The minimum absolute atomic E-state index is 0.740. The predicted octanol–water partition coefficient (Wildman–Crippen LogP) is 1.71. The maximum atomic E-state index is 5.62. The molecule has 0 aliphatic carbocycles. The van der Waals surface area contributed by atoms with Crippen LogP contribution in [-0.2, 0) is 6.42 Å². The third-order valence-electron chi connectivity index (χ3n) is 2.85. The van der Waals surface area contributed by atoms with E-state index >= 15 is 0 Å². The van der Waals surface area contributed by atoms with Gasteiger partial charge in [0.2, 0.25) is 0 Å². The van der Waals surface area contributed by atoms with Gasteiger partial charge in [0.1, 0.15) is 0 Å². The number of hydrogen-bond acceptors (Lipinski definition) is 2. The van der Waals surface area contributed by atoms with Gasteiger partial charge in [0.15, 0.2) is 0 Å². The van der Waals surface area contributed by atoms with Crippen molar-refractivity contribution < 1.29 is 0 Å². The van der Waals surface area contributed by atoms with Crippen molar-refractivity contribution in [2.75, 3.05) is 24.5 Å². The van der Waals surface area contributed by atoms with Gasteiger partial charge < -0.3 is 10.6 Å². The molecule has 1 saturated heterocycles. The van der Waals surface area contributed by atoms with Crippen molar-refractivity contribution in [3.8, 4) is 0 Å². The van der Waals surface area contributed by atoms with Crippen LogP contribution in [0.15, 0.2) is 18.2 Å². The lowest BCUT2D eigenvalue weighted by molar-refractivity contribution is 0.614. The highest BCUT2D eigenvalue weighted by molar-refractivity contribution is 5.56. The first-order valence-electron chi connectivity index (χ1n) is 5.36. The van der Waals surface area contributed by atoms with E-state index in [2.05, 4.69) is 30.0 Å². The Hall–Kier alpha value is -1.02. The fourth-order valence-corrected chi connectivity index (χ4v) is 1.94. The van der Waals surface area contributed by atoms with E-state index in [-0.39, 0.29) is 0 Å². The number of aryl methyl sites for hydroxylation is 1. The number of nitrogens with two attached hydrogens (primary N) is 1. The van der Waals surface area contributed by atoms with Crippen LogP contribution in [0.2, 0.25) is 0 Å². The monoisotopic (exact) mass is 190 g/mol. The average molecular weight is 190 g/mol. The fourth-order valence-electron chi connectivity index (χ4n) is 1.94. The smallest absolute Gasteiger partial charge is 0.0399 e. The van der Waals surface area contributed by atoms with Crippen LogP contribution in [0.3, 0.4) is 0 Å². The molecule has 1 aromatic rings. The Morgan fingerprint density at radius 2 is 2.14 bits per heavy atom. The van der Waals surface area contributed by atoms with E-state index < -0.39 is 0 Å². The summed E-state index contributed by atoms with van der Waals surface area (Å²) in [6.07, 6.45) is 2.32. The van der Waals surface area contributed by atoms with Crippen molar-refractivity contribution in [3.05, 3.63) is 29.3 Å². The Bertz CT molecular complexity index is 316. The van der Waals surface area contributed by atoms with Gasteiger partial charge in [0.25, 0.3) is 0 Å². The van der Waals surface area contributed by atoms with E-state index in [1.807, 2.05) is 0 Å². The molecule has 1 aliphatic rings. The highest BCUT2D eigenvalue weighted by Gasteiger charge is 2.16. The Balaban J connectivity index is 2.26. The van der Waals surface area contributed by atoms with Gasteiger partial charge in [-0.3, -0.25) is 0 Å². The second-order valence-corrected chi connectivity index (χ2v) is 4.01. The number of rotatable bonds is 3. The zero-order valence-electron chi connectivity index (χ0n) is 8.79. The number of benzene rings is 1. The molecule has 0 bridgehead atoms. The molecule has 14 heavy (non-hydrogen) atoms. The Kier molecular flexibility index (Phi) is 2.73. The molecule has 2 heteroatoms. The van der Waals surface area contributed by atoms with E-state index in [4.69, 9.17) is 5.73 Å². The third kappa shape index (κ3) is 1.75. The average Bonchev–Trinajstić information content (AvgIpc) is 2.07. The SMILES string of the molecule is Cc1ccc(N2CCC2)c(CCN)c1. The summed E-state index contributed by atoms with van der Waals surface area (Å²) in [7, 11) is 0. The fraction of sp³-hybridized carbons (Fsp3) is 0.500. The van der Waals surface area contributed by atoms with Crippen LogP contribution in [0.5, 0.6) is 0 Å². The van der Waals surface area contributed by atoms with Gasteiger partial charge in [0, 0.05) is 18.8 Å². The normalized spacial score (nSPS) is 15.4. The summed E-state index contributed by atoms with van der Waals surface area (Å²) in [6.45, 7) is 5.30. The zero-order valence-corrected chi connectivity index (χ0v) is 8.79. The first-order chi connectivity index (χ1) is 6.81. The summed E-state index contributed by atoms with van der Waals surface area (Å²) in [5.41, 5.74) is 9.76. The summed E-state index contributed by atoms with van der Waals surface area (Å²) >= 11 is 0. The van der Waals surface area contributed by atoms with Crippen LogP contribution in [0.4, 0.5) is 5.69 Å². The molecule has 1 fully saturated rings. The Morgan fingerprint density at radius 1 is 1.36 bits per heavy atom. The molecule has 1 aromatic carbocycles. The van der Waals surface area contributed by atoms with Crippen molar-refractivity contribution >= 4 is 5.69 Å². The number of hydrogen-bond donors (Lipinski definition) is 1. The van der Waals surface area contributed by atoms with Crippen molar-refractivity contribution in [3.63, 3.8) is 0 Å². The van der Waals surface area contributed by atoms with Gasteiger partial charge in [-0.05, 0) is 37.9 Å². The number of anilines is 1. The van der Waals surface area contributed by atoms with Crippen molar-refractivity contribution in [1.29, 1.82) is 0 Å². The molecule has 0 saturated carbocycles. The lowest BCUT2D eigenvalue weighted by Crippen LogP contribution is -2.37. The van der Waals surface area contributed by atoms with Crippen molar-refractivity contribution in [1.82, 2.24) is 0 Å². The van der Waals surface area contributed by atoms with Crippen LogP contribution >= 0.6 is 0 Å². The maximum absolute atomic E-state index is 5.62. The quantitative estimate of drug-likeness (QED) is 0.786. The maximum Gasteiger partial charge on any atom is 0.0399 e. The Morgan fingerprint density at radius 3 is 2.71 bits per heavy atom. The first-order valence-corrected chi connectivity index (χ1v) is 5.36. The molecule has 0 aromatic heterocycles. The number of nitrogens with zero attached hydrogens (tertiary/aromatic N) is 1. The molecular formula is C12H18N2. The minimum Gasteiger partial charge on any atom is -0.371 e. The first kappa shape index (κ1) is 9.53. The molecule has 76 valence electrons. The molecule has 1 heterocycles. The summed E-state index contributed by atoms with van der Waals surface area (Å²) < 4.78 is 0. The largest absolute Gasteiger partial charge is 0.371 e. The van der Waals surface area contributed by atoms with Gasteiger partial charge in [-0.25, -0.2) is 0 Å². The van der Waals surface area contributed by atoms with Crippen LogP contribution in [-0.4, -0.2) is 19.6 Å². The molecule has 0 unspecified atom stereocenters. The van der Waals surface area contributed by atoms with E-state index in [0.29, 0.717) is 0 Å². The predicted molar refractivity (Wildman–Crippen MR) is 60.8 cm³/mol. The molecule has 0 spiro atoms. The molecule has 1 aliphatic heterocycles. The second kappa shape index (κ2) is 4.01. The van der Waals surface area contributed by atoms with Gasteiger partial charge in [-0.15, -0.1) is 0 Å². The van der Waals surface area contributed by atoms with Crippen LogP contribution < -0.4 is 10.6 Å². The molecule has 2 rings (SSSR count). The lowest BCUT2D eigenvalue weighted by atomic mass is 10.0. The lowest BCUT2D eigenvalue weighted by Gasteiger charge is -2.35. The van der Waals surface area contributed by atoms with E-state index in [9.17, 15) is 0 Å². The molecular weight excluding hydrogens is 172 g/mol. The second-order valence-electron chi connectivity index (χ2n) is 4.01. The van der Waals surface area contributed by atoms with Crippen LogP contribution in [0, 0.1) is 6.92 Å². The standard InChI is InChI=1S/C12H18N2/c1-10-3-4-12(14-7-2-8-14)11(9-10)5-6-13/h3-4,9H,2,5-8,13H2,1H3. The van der Waals surface area contributed by atoms with Gasteiger partial charge in [-0.1, -0.05) is 17.7 Å². The van der Waals surface area contributed by atoms with E-state index in [1.165, 1.54) is 36.3 Å². The van der Waals surface area contributed by atoms with Gasteiger partial charge in [-0.2, -0.15) is 0 Å². The van der Waals surface area contributed by atoms with Crippen LogP contribution in [0.1, 0.15) is 17.5 Å². The van der Waals surface area contributed by atoms with E-state index in [0.717, 1.165) is 13.0 Å². The summed E-state index contributed by atoms with van der Waals surface area (Å²) in [6, 6.07) is 6.69. The molecule has 0 radical (unpaired) electrons. The van der Waals surface area contributed by atoms with E-state index in [1.54, 1.807) is 0 Å². The highest BCUT2D eigenvalue weighted by Crippen LogP contribution is 2.26. The highest BCUT2D eigenvalue weighted by atomic mass is 15.2. The van der Waals surface area contributed by atoms with Crippen molar-refractivity contribution in [2.24, 2.45) is 5.73 Å². The Labute approximate surface area is 85.7 Å². The third-order valence-corrected chi connectivity index (χ3v) is 2.85. The molecule has 2 nitrogen and oxygen atoms in total. The van der Waals surface area contributed by atoms with Gasteiger partial charge in [0.05, 0.1) is 0 Å².